The Labute approximate surface area is 301 Å². The van der Waals surface area contributed by atoms with E-state index in [4.69, 9.17) is 25.1 Å². The number of unbranched alkanes of at least 4 members (excludes halogenated alkanes) is 2. The number of fused-ring (bicyclic) bond motifs is 2. The van der Waals surface area contributed by atoms with Gasteiger partial charge in [-0.3, -0.25) is 0 Å². The van der Waals surface area contributed by atoms with Crippen LogP contribution in [0.25, 0.3) is 21.5 Å². The van der Waals surface area contributed by atoms with Crippen molar-refractivity contribution in [2.75, 3.05) is 0 Å². The van der Waals surface area contributed by atoms with Gasteiger partial charge in [-0.15, -0.1) is 0 Å². The van der Waals surface area contributed by atoms with Crippen molar-refractivity contribution in [3.05, 3.63) is 123 Å². The molecule has 4 rings (SSSR count). The maximum absolute atomic E-state index is 13.0. The second-order valence-corrected chi connectivity index (χ2v) is 20.6. The number of ether oxygens (including phenoxy) is 4. The molecule has 51 heavy (non-hydrogen) atoms. The monoisotopic (exact) mass is 800 g/mol. The van der Waals surface area contributed by atoms with Crippen molar-refractivity contribution in [3.63, 3.8) is 0 Å². The van der Waals surface area contributed by atoms with E-state index in [0.717, 1.165) is 58.7 Å². The molecule has 0 radical (unpaired) electrons. The molecular formula is C40H40O10Sn. The zero-order valence-electron chi connectivity index (χ0n) is 28.6. The van der Waals surface area contributed by atoms with Gasteiger partial charge in [0.25, 0.3) is 0 Å². The third-order valence-corrected chi connectivity index (χ3v) is 17.2. The summed E-state index contributed by atoms with van der Waals surface area (Å²) in [6, 6.07) is 21.1. The van der Waals surface area contributed by atoms with Crippen LogP contribution in [0, 0.1) is 0 Å². The van der Waals surface area contributed by atoms with Gasteiger partial charge in [0.1, 0.15) is 0 Å². The van der Waals surface area contributed by atoms with Gasteiger partial charge < -0.3 is 0 Å². The van der Waals surface area contributed by atoms with Crippen LogP contribution in [0.15, 0.2) is 123 Å². The van der Waals surface area contributed by atoms with E-state index in [1.807, 2.05) is 26.0 Å². The van der Waals surface area contributed by atoms with E-state index in [2.05, 4.69) is 13.2 Å². The summed E-state index contributed by atoms with van der Waals surface area (Å²) in [6.07, 6.45) is 9.42. The molecule has 0 atom stereocenters. The average Bonchev–Trinajstić information content (AvgIpc) is 3.11. The van der Waals surface area contributed by atoms with E-state index in [1.54, 1.807) is 60.7 Å². The van der Waals surface area contributed by atoms with Crippen LogP contribution >= 0.6 is 0 Å². The minimum atomic E-state index is -4.44. The summed E-state index contributed by atoms with van der Waals surface area (Å²) < 4.78 is 34.1. The van der Waals surface area contributed by atoms with Gasteiger partial charge in [-0.2, -0.15) is 0 Å². The third kappa shape index (κ3) is 11.9. The first-order valence-electron chi connectivity index (χ1n) is 16.5. The zero-order chi connectivity index (χ0) is 36.6. The van der Waals surface area contributed by atoms with Crippen molar-refractivity contribution >= 4 is 64.6 Å². The van der Waals surface area contributed by atoms with E-state index in [1.165, 1.54) is 12.5 Å². The van der Waals surface area contributed by atoms with Crippen LogP contribution in [0.5, 0.6) is 23.0 Å². The SMILES string of the molecule is C=COc1ccc2ccc(OC(=O)/C=C/C(=O)[O][Sn]([CH2]CCC)([CH2]CCC)[O]C(=O)/C=C/C(=O)Oc3ccc4ccc(OC=C)cc4c3)cc2c1. The molecule has 0 bridgehead atoms. The maximum atomic E-state index is 13.0. The van der Waals surface area contributed by atoms with Crippen molar-refractivity contribution in [1.82, 2.24) is 0 Å². The zero-order valence-corrected chi connectivity index (χ0v) is 31.5. The van der Waals surface area contributed by atoms with Gasteiger partial charge in [0.2, 0.25) is 0 Å². The Hall–Kier alpha value is -5.36. The Kier molecular flexibility index (Phi) is 14.4. The second kappa shape index (κ2) is 19.1. The van der Waals surface area contributed by atoms with Crippen LogP contribution < -0.4 is 18.9 Å². The first-order valence-corrected chi connectivity index (χ1v) is 22.9. The molecule has 0 unspecified atom stereocenters. The van der Waals surface area contributed by atoms with Crippen LogP contribution in [0.4, 0.5) is 0 Å². The molecule has 10 nitrogen and oxygen atoms in total. The summed E-state index contributed by atoms with van der Waals surface area (Å²) >= 11 is -4.44. The molecule has 4 aromatic carbocycles. The minimum absolute atomic E-state index is 0.271. The van der Waals surface area contributed by atoms with E-state index in [9.17, 15) is 19.2 Å². The third-order valence-electron chi connectivity index (χ3n) is 7.55. The normalized spacial score (nSPS) is 11.3. The van der Waals surface area contributed by atoms with Gasteiger partial charge in [-0.05, 0) is 0 Å². The number of esters is 2. The standard InChI is InChI=1S/2C16H12O5.2C4H9.Sn/c2*1-2-20-13-5-3-11-4-6-14(10-12(11)9-13)21-16(19)8-7-15(17)18;2*1-3-4-2;/h2*2-10H,1H2,(H,17,18);2*1,3-4H2,2H3;/q;;;;+2/p-2/b2*8-7+;;;. The molecule has 0 amide bonds. The van der Waals surface area contributed by atoms with Gasteiger partial charge >= 0.3 is 277 Å². The fraction of sp³-hybridized carbons (Fsp3) is 0.200. The average molecular weight is 799 g/mol. The van der Waals surface area contributed by atoms with Gasteiger partial charge in [0.05, 0.1) is 12.5 Å². The van der Waals surface area contributed by atoms with E-state index in [0.29, 0.717) is 33.2 Å². The quantitative estimate of drug-likeness (QED) is 0.0317. The first kappa shape index (κ1) is 38.4. The summed E-state index contributed by atoms with van der Waals surface area (Å²) in [5.41, 5.74) is 0. The Morgan fingerprint density at radius 1 is 0.529 bits per heavy atom. The Bertz CT molecular complexity index is 1820. The molecule has 0 saturated heterocycles. The Morgan fingerprint density at radius 2 is 0.882 bits per heavy atom. The Balaban J connectivity index is 1.40. The molecule has 0 aliphatic carbocycles. The van der Waals surface area contributed by atoms with Crippen LogP contribution in [-0.4, -0.2) is 43.1 Å². The van der Waals surface area contributed by atoms with Gasteiger partial charge in [0, 0.05) is 0 Å². The number of benzene rings is 4. The van der Waals surface area contributed by atoms with E-state index < -0.39 is 43.1 Å². The number of hydrogen-bond donors (Lipinski definition) is 0. The summed E-state index contributed by atoms with van der Waals surface area (Å²) in [4.78, 5) is 51.3. The molecule has 0 spiro atoms. The van der Waals surface area contributed by atoms with Crippen molar-refractivity contribution in [1.29, 1.82) is 0 Å². The molecule has 0 heterocycles. The summed E-state index contributed by atoms with van der Waals surface area (Å²) in [5, 5.41) is 3.38. The van der Waals surface area contributed by atoms with E-state index >= 15 is 0 Å². The molecule has 0 fully saturated rings. The van der Waals surface area contributed by atoms with Crippen molar-refractivity contribution in [3.8, 4) is 23.0 Å². The fourth-order valence-electron chi connectivity index (χ4n) is 5.12. The topological polar surface area (TPSA) is 124 Å². The van der Waals surface area contributed by atoms with Crippen LogP contribution in [0.3, 0.4) is 0 Å². The molecule has 0 saturated carbocycles. The number of hydrogen-bond acceptors (Lipinski definition) is 10. The predicted molar refractivity (Wildman–Crippen MR) is 196 cm³/mol. The summed E-state index contributed by atoms with van der Waals surface area (Å²) in [7, 11) is 0. The molecule has 0 aliphatic rings. The molecule has 0 N–H and O–H groups in total. The fourth-order valence-corrected chi connectivity index (χ4v) is 14.7. The number of rotatable bonds is 18. The van der Waals surface area contributed by atoms with Crippen LogP contribution in [-0.2, 0) is 25.3 Å². The predicted octanol–water partition coefficient (Wildman–Crippen LogP) is 8.79. The number of carbonyl (C=O) groups is 4. The molecule has 0 aromatic heterocycles. The summed E-state index contributed by atoms with van der Waals surface area (Å²) in [6.45, 7) is 11.1. The Morgan fingerprint density at radius 3 is 1.25 bits per heavy atom. The molecule has 264 valence electrons. The molecule has 11 heteroatoms. The van der Waals surface area contributed by atoms with Crippen LogP contribution in [0.2, 0.25) is 8.87 Å². The molecule has 4 aromatic rings. The van der Waals surface area contributed by atoms with Crippen molar-refractivity contribution in [2.24, 2.45) is 0 Å². The first-order chi connectivity index (χ1) is 24.6. The van der Waals surface area contributed by atoms with Crippen molar-refractivity contribution < 1.29 is 44.3 Å². The van der Waals surface area contributed by atoms with Gasteiger partial charge in [-0.1, -0.05) is 13.2 Å². The number of carbonyl (C=O) groups excluding carboxylic acids is 4. The molecule has 0 aliphatic heterocycles. The van der Waals surface area contributed by atoms with E-state index in [-0.39, 0.29) is 11.5 Å². The van der Waals surface area contributed by atoms with Crippen LogP contribution in [0.1, 0.15) is 39.5 Å². The van der Waals surface area contributed by atoms with Crippen molar-refractivity contribution in [2.45, 2.75) is 48.4 Å². The second-order valence-electron chi connectivity index (χ2n) is 11.4. The molecular weight excluding hydrogens is 759 g/mol. The van der Waals surface area contributed by atoms with Gasteiger partial charge in [-0.25, -0.2) is 0 Å². The van der Waals surface area contributed by atoms with Gasteiger partial charge in [0.15, 0.2) is 0 Å². The summed E-state index contributed by atoms with van der Waals surface area (Å²) in [5.74, 6) is -1.50.